The van der Waals surface area contributed by atoms with E-state index in [-0.39, 0.29) is 36.6 Å². The molecule has 2 aromatic rings. The Hall–Kier alpha value is -3.04. The van der Waals surface area contributed by atoms with Gasteiger partial charge in [-0.2, -0.15) is 0 Å². The molecule has 0 unspecified atom stereocenters. The number of Topliss-reactive ketones (excluding diaryl/α,β-unsaturated/α-hetero) is 1. The summed E-state index contributed by atoms with van der Waals surface area (Å²) in [5, 5.41) is 9.42. The third-order valence-electron chi connectivity index (χ3n) is 6.57. The van der Waals surface area contributed by atoms with Crippen molar-refractivity contribution in [3.63, 3.8) is 0 Å². The van der Waals surface area contributed by atoms with Crippen LogP contribution >= 0.6 is 0 Å². The second kappa shape index (κ2) is 10.5. The largest absolute Gasteiger partial charge is 0.464 e. The molecule has 8 nitrogen and oxygen atoms in total. The van der Waals surface area contributed by atoms with Gasteiger partial charge in [-0.1, -0.05) is 0 Å². The van der Waals surface area contributed by atoms with Crippen LogP contribution in [0.5, 0.6) is 0 Å². The van der Waals surface area contributed by atoms with E-state index in [2.05, 4.69) is 16.0 Å². The van der Waals surface area contributed by atoms with Crippen LogP contribution in [0.3, 0.4) is 0 Å². The molecule has 1 aliphatic rings. The number of carbonyl (C=O) groups is 3. The van der Waals surface area contributed by atoms with E-state index in [9.17, 15) is 18.8 Å². The second-order valence-corrected chi connectivity index (χ2v) is 9.00. The first-order valence-corrected chi connectivity index (χ1v) is 11.4. The Labute approximate surface area is 199 Å². The van der Waals surface area contributed by atoms with Crippen LogP contribution in [0.25, 0.3) is 0 Å². The molecule has 0 atom stereocenters. The molecule has 1 aliphatic heterocycles. The maximum Gasteiger partial charge on any atom is 0.302 e. The first kappa shape index (κ1) is 25.6. The minimum absolute atomic E-state index is 0.0532. The molecular weight excluding hydrogens is 439 g/mol. The van der Waals surface area contributed by atoms with Crippen molar-refractivity contribution < 1.29 is 23.5 Å². The number of piperidine rings is 1. The molecule has 1 saturated heterocycles. The summed E-state index contributed by atoms with van der Waals surface area (Å²) in [5.41, 5.74) is 2.56. The molecule has 3 N–H and O–H groups in total. The third kappa shape index (κ3) is 5.53. The van der Waals surface area contributed by atoms with E-state index in [1.807, 2.05) is 0 Å². The van der Waals surface area contributed by atoms with Gasteiger partial charge in [0.05, 0.1) is 23.3 Å². The number of hydrogen-bond donors (Lipinski definition) is 3. The summed E-state index contributed by atoms with van der Waals surface area (Å²) in [4.78, 5) is 37.7. The number of ketones is 1. The van der Waals surface area contributed by atoms with Crippen LogP contribution < -0.4 is 16.0 Å². The molecule has 0 radical (unpaired) electrons. The summed E-state index contributed by atoms with van der Waals surface area (Å²) in [6.45, 7) is 8.32. The van der Waals surface area contributed by atoms with Crippen molar-refractivity contribution in [3.8, 4) is 0 Å². The summed E-state index contributed by atoms with van der Waals surface area (Å²) < 4.78 is 20.6. The molecule has 0 spiro atoms. The highest BCUT2D eigenvalue weighted by atomic mass is 19.1. The van der Waals surface area contributed by atoms with Crippen LogP contribution in [0.2, 0.25) is 0 Å². The van der Waals surface area contributed by atoms with Crippen LogP contribution in [0.15, 0.2) is 18.2 Å². The van der Waals surface area contributed by atoms with Crippen molar-refractivity contribution in [1.29, 1.82) is 0 Å². The molecule has 0 aliphatic carbocycles. The first-order valence-electron chi connectivity index (χ1n) is 11.4. The fourth-order valence-corrected chi connectivity index (χ4v) is 4.49. The van der Waals surface area contributed by atoms with Crippen molar-refractivity contribution in [2.24, 2.45) is 7.05 Å². The number of rotatable bonds is 8. The number of hydrogen-bond acceptors (Lipinski definition) is 6. The lowest BCUT2D eigenvalue weighted by molar-refractivity contribution is -0.143. The fourth-order valence-electron chi connectivity index (χ4n) is 4.49. The summed E-state index contributed by atoms with van der Waals surface area (Å²) in [6, 6.07) is 4.38. The van der Waals surface area contributed by atoms with Crippen molar-refractivity contribution in [3.05, 3.63) is 52.1 Å². The van der Waals surface area contributed by atoms with Gasteiger partial charge in [-0.15, -0.1) is 0 Å². The second-order valence-electron chi connectivity index (χ2n) is 9.00. The van der Waals surface area contributed by atoms with Gasteiger partial charge in [0.2, 0.25) is 0 Å². The fraction of sp³-hybridized carbons (Fsp3) is 0.480. The molecular formula is C25H33FN4O4. The highest BCUT2D eigenvalue weighted by Gasteiger charge is 2.34. The van der Waals surface area contributed by atoms with Gasteiger partial charge < -0.3 is 25.3 Å². The summed E-state index contributed by atoms with van der Waals surface area (Å²) in [7, 11) is 1.76. The zero-order valence-electron chi connectivity index (χ0n) is 20.4. The topological polar surface area (TPSA) is 101 Å². The Morgan fingerprint density at radius 2 is 1.85 bits per heavy atom. The van der Waals surface area contributed by atoms with Gasteiger partial charge in [-0.3, -0.25) is 14.4 Å². The molecule has 0 saturated carbocycles. The Morgan fingerprint density at radius 3 is 2.47 bits per heavy atom. The van der Waals surface area contributed by atoms with Crippen LogP contribution in [-0.2, 0) is 16.6 Å². The molecule has 9 heteroatoms. The molecule has 1 aromatic carbocycles. The van der Waals surface area contributed by atoms with Gasteiger partial charge in [-0.05, 0) is 76.0 Å². The number of nitrogens with zero attached hydrogens (tertiary/aromatic N) is 1. The molecule has 1 amide bonds. The normalized spacial score (nSPS) is 15.1. The predicted octanol–water partition coefficient (Wildman–Crippen LogP) is 2.80. The van der Waals surface area contributed by atoms with Gasteiger partial charge in [0.25, 0.3) is 5.91 Å². The Bertz CT molecular complexity index is 1100. The Balaban J connectivity index is 1.78. The van der Waals surface area contributed by atoms with Crippen molar-refractivity contribution in [2.75, 3.05) is 31.6 Å². The molecule has 184 valence electrons. The van der Waals surface area contributed by atoms with E-state index in [1.165, 1.54) is 19.1 Å². The predicted molar refractivity (Wildman–Crippen MR) is 128 cm³/mol. The van der Waals surface area contributed by atoms with Crippen molar-refractivity contribution in [1.82, 2.24) is 15.2 Å². The maximum absolute atomic E-state index is 13.6. The van der Waals surface area contributed by atoms with E-state index in [0.29, 0.717) is 33.8 Å². The number of amides is 1. The zero-order chi connectivity index (χ0) is 25.0. The lowest BCUT2D eigenvalue weighted by Gasteiger charge is -2.37. The van der Waals surface area contributed by atoms with Gasteiger partial charge in [0.1, 0.15) is 12.4 Å². The number of esters is 1. The average Bonchev–Trinajstić information content (AvgIpc) is 3.02. The number of benzene rings is 1. The summed E-state index contributed by atoms with van der Waals surface area (Å²) in [6.07, 6.45) is 1.45. The number of aromatic nitrogens is 1. The van der Waals surface area contributed by atoms with Crippen molar-refractivity contribution in [2.45, 2.75) is 46.1 Å². The van der Waals surface area contributed by atoms with E-state index in [0.717, 1.165) is 25.9 Å². The van der Waals surface area contributed by atoms with Crippen LogP contribution in [-0.4, -0.2) is 54.0 Å². The van der Waals surface area contributed by atoms with Gasteiger partial charge in [-0.25, -0.2) is 4.39 Å². The number of aryl methyl sites for hydroxylation is 1. The lowest BCUT2D eigenvalue weighted by atomic mass is 9.89. The molecule has 0 bridgehead atoms. The lowest BCUT2D eigenvalue weighted by Crippen LogP contribution is -2.56. The SMILES string of the molecule is CC(=O)OCC1(NCC(=O)c2c(C)c(C(=O)Nc3ccc(F)c(C)c3)c(C)n2C)CCNCC1. The minimum Gasteiger partial charge on any atom is -0.464 e. The smallest absolute Gasteiger partial charge is 0.302 e. The standard InChI is InChI=1S/C25H33FN4O4/c1-15-12-19(6-7-20(15)26)29-24(33)22-16(2)23(30(5)17(22)3)21(32)13-28-25(14-34-18(4)31)8-10-27-11-9-25/h6-7,12,27-28H,8-11,13-14H2,1-5H3,(H,29,33). The molecule has 1 fully saturated rings. The number of nitrogens with one attached hydrogen (secondary N) is 3. The number of halogens is 1. The number of anilines is 1. The number of carbonyl (C=O) groups excluding carboxylic acids is 3. The highest BCUT2D eigenvalue weighted by Crippen LogP contribution is 2.25. The van der Waals surface area contributed by atoms with Crippen LogP contribution in [0, 0.1) is 26.6 Å². The summed E-state index contributed by atoms with van der Waals surface area (Å²) in [5.74, 6) is -1.20. The van der Waals surface area contributed by atoms with Gasteiger partial charge >= 0.3 is 5.97 Å². The van der Waals surface area contributed by atoms with Crippen LogP contribution in [0.1, 0.15) is 57.4 Å². The quantitative estimate of drug-likeness (QED) is 0.404. The van der Waals surface area contributed by atoms with E-state index >= 15 is 0 Å². The molecule has 34 heavy (non-hydrogen) atoms. The van der Waals surface area contributed by atoms with Crippen molar-refractivity contribution >= 4 is 23.3 Å². The molecule has 1 aromatic heterocycles. The minimum atomic E-state index is -0.471. The van der Waals surface area contributed by atoms with Gasteiger partial charge in [0.15, 0.2) is 5.78 Å². The highest BCUT2D eigenvalue weighted by molar-refractivity contribution is 6.09. The first-order chi connectivity index (χ1) is 16.0. The zero-order valence-corrected chi connectivity index (χ0v) is 20.4. The summed E-state index contributed by atoms with van der Waals surface area (Å²) >= 11 is 0. The molecule has 3 rings (SSSR count). The van der Waals surface area contributed by atoms with E-state index in [1.54, 1.807) is 38.5 Å². The third-order valence-corrected chi connectivity index (χ3v) is 6.57. The average molecular weight is 473 g/mol. The van der Waals surface area contributed by atoms with E-state index in [4.69, 9.17) is 4.74 Å². The molecule has 2 heterocycles. The van der Waals surface area contributed by atoms with Crippen LogP contribution in [0.4, 0.5) is 10.1 Å². The Kier molecular flexibility index (Phi) is 7.89. The number of ether oxygens (including phenoxy) is 1. The van der Waals surface area contributed by atoms with E-state index < -0.39 is 5.54 Å². The maximum atomic E-state index is 13.6. The monoisotopic (exact) mass is 472 g/mol. The van der Waals surface area contributed by atoms with Gasteiger partial charge in [0, 0.05) is 25.4 Å². The Morgan fingerprint density at radius 1 is 1.18 bits per heavy atom.